The van der Waals surface area contributed by atoms with Crippen LogP contribution in [0, 0.1) is 17.8 Å². The normalized spacial score (nSPS) is 29.1. The summed E-state index contributed by atoms with van der Waals surface area (Å²) in [5.41, 5.74) is 1.55. The van der Waals surface area contributed by atoms with Crippen LogP contribution in [0.5, 0.6) is 5.75 Å². The van der Waals surface area contributed by atoms with Crippen molar-refractivity contribution in [3.05, 3.63) is 65.7 Å². The van der Waals surface area contributed by atoms with Gasteiger partial charge in [0.2, 0.25) is 0 Å². The number of rotatable bonds is 7. The minimum atomic E-state index is -0.490. The predicted molar refractivity (Wildman–Crippen MR) is 138 cm³/mol. The van der Waals surface area contributed by atoms with Crippen LogP contribution in [0.25, 0.3) is 0 Å². The first-order chi connectivity index (χ1) is 16.9. The fraction of sp³-hybridized carbons (Fsp3) is 0.567. The molecule has 35 heavy (non-hydrogen) atoms. The number of nitrogens with zero attached hydrogens (tertiary/aromatic N) is 2. The van der Waals surface area contributed by atoms with E-state index in [-0.39, 0.29) is 29.0 Å². The number of aromatic hydroxyl groups is 1. The van der Waals surface area contributed by atoms with Crippen LogP contribution in [-0.4, -0.2) is 64.2 Å². The molecule has 1 unspecified atom stereocenters. The molecule has 0 spiro atoms. The number of likely N-dealkylation sites (tertiary alicyclic amines) is 1. The smallest absolute Gasteiger partial charge is 0.254 e. The van der Waals surface area contributed by atoms with Crippen LogP contribution in [-0.2, 0) is 5.41 Å². The molecule has 4 atom stereocenters. The summed E-state index contributed by atoms with van der Waals surface area (Å²) in [5.74, 6) is 1.57. The van der Waals surface area contributed by atoms with E-state index < -0.39 is 6.10 Å². The molecule has 1 amide bonds. The highest BCUT2D eigenvalue weighted by atomic mass is 16.3. The molecule has 3 fully saturated rings. The SMILES string of the molecule is CC(C)CN(C(=O)c1ccccc1)[C@H]1CC(O)[C@@H]2CN(CC3CC3)CC[C@@]2(c2cccc(O)c2)C1. The van der Waals surface area contributed by atoms with Crippen LogP contribution in [0.3, 0.4) is 0 Å². The summed E-state index contributed by atoms with van der Waals surface area (Å²) in [6, 6.07) is 17.1. The van der Waals surface area contributed by atoms with Crippen molar-refractivity contribution in [1.82, 2.24) is 9.80 Å². The van der Waals surface area contributed by atoms with E-state index in [0.29, 0.717) is 24.4 Å². The average molecular weight is 477 g/mol. The van der Waals surface area contributed by atoms with Crippen LogP contribution in [0.15, 0.2) is 54.6 Å². The molecular formula is C30H40N2O3. The maximum atomic E-state index is 13.7. The predicted octanol–water partition coefficient (Wildman–Crippen LogP) is 4.68. The minimum absolute atomic E-state index is 0.0475. The summed E-state index contributed by atoms with van der Waals surface area (Å²) in [6.07, 6.45) is 4.53. The van der Waals surface area contributed by atoms with Crippen molar-refractivity contribution < 1.29 is 15.0 Å². The number of piperidine rings is 1. The highest BCUT2D eigenvalue weighted by molar-refractivity contribution is 5.94. The molecule has 0 radical (unpaired) electrons. The van der Waals surface area contributed by atoms with Gasteiger partial charge in [0.1, 0.15) is 5.75 Å². The molecule has 2 aromatic carbocycles. The molecule has 5 nitrogen and oxygen atoms in total. The number of aliphatic hydroxyl groups excluding tert-OH is 1. The second-order valence-corrected chi connectivity index (χ2v) is 11.6. The number of hydrogen-bond donors (Lipinski definition) is 2. The Bertz CT molecular complexity index is 1020. The Morgan fingerprint density at radius 3 is 2.60 bits per heavy atom. The lowest BCUT2D eigenvalue weighted by atomic mass is 9.56. The Kier molecular flexibility index (Phi) is 6.91. The van der Waals surface area contributed by atoms with Crippen molar-refractivity contribution in [3.63, 3.8) is 0 Å². The number of phenolic OH excluding ortho intramolecular Hbond substituents is 1. The number of fused-ring (bicyclic) bond motifs is 1. The van der Waals surface area contributed by atoms with E-state index in [1.165, 1.54) is 12.8 Å². The summed E-state index contributed by atoms with van der Waals surface area (Å²) in [5, 5.41) is 22.0. The van der Waals surface area contributed by atoms with Gasteiger partial charge in [0.15, 0.2) is 0 Å². The second kappa shape index (κ2) is 9.94. The third-order valence-electron chi connectivity index (χ3n) is 8.54. The van der Waals surface area contributed by atoms with Crippen molar-refractivity contribution in [2.45, 2.75) is 63.5 Å². The lowest BCUT2D eigenvalue weighted by Gasteiger charge is -2.56. The average Bonchev–Trinajstić information content (AvgIpc) is 3.67. The molecule has 1 saturated heterocycles. The zero-order chi connectivity index (χ0) is 24.6. The van der Waals surface area contributed by atoms with Crippen molar-refractivity contribution in [3.8, 4) is 5.75 Å². The van der Waals surface area contributed by atoms with Crippen LogP contribution >= 0.6 is 0 Å². The van der Waals surface area contributed by atoms with E-state index in [0.717, 1.165) is 44.0 Å². The summed E-state index contributed by atoms with van der Waals surface area (Å²) in [7, 11) is 0. The summed E-state index contributed by atoms with van der Waals surface area (Å²) in [4.78, 5) is 18.3. The van der Waals surface area contributed by atoms with E-state index in [9.17, 15) is 15.0 Å². The lowest BCUT2D eigenvalue weighted by molar-refractivity contribution is -0.0655. The fourth-order valence-electron chi connectivity index (χ4n) is 6.68. The molecule has 2 aliphatic carbocycles. The monoisotopic (exact) mass is 476 g/mol. The Hall–Kier alpha value is -2.37. The van der Waals surface area contributed by atoms with E-state index in [1.807, 2.05) is 47.4 Å². The minimum Gasteiger partial charge on any atom is -0.508 e. The summed E-state index contributed by atoms with van der Waals surface area (Å²) in [6.45, 7) is 7.98. The molecule has 1 aliphatic heterocycles. The molecule has 2 aromatic rings. The van der Waals surface area contributed by atoms with Gasteiger partial charge in [-0.05, 0) is 80.3 Å². The third-order valence-corrected chi connectivity index (χ3v) is 8.54. The van der Waals surface area contributed by atoms with Crippen LogP contribution < -0.4 is 0 Å². The van der Waals surface area contributed by atoms with Crippen LogP contribution in [0.2, 0.25) is 0 Å². The molecular weight excluding hydrogens is 436 g/mol. The maximum Gasteiger partial charge on any atom is 0.254 e. The summed E-state index contributed by atoms with van der Waals surface area (Å²) >= 11 is 0. The Balaban J connectivity index is 1.49. The van der Waals surface area contributed by atoms with Gasteiger partial charge < -0.3 is 20.0 Å². The number of benzene rings is 2. The fourth-order valence-corrected chi connectivity index (χ4v) is 6.68. The first-order valence-corrected chi connectivity index (χ1v) is 13.4. The van der Waals surface area contributed by atoms with E-state index >= 15 is 0 Å². The van der Waals surface area contributed by atoms with Gasteiger partial charge in [-0.25, -0.2) is 0 Å². The topological polar surface area (TPSA) is 64.0 Å². The molecule has 0 aromatic heterocycles. The quantitative estimate of drug-likeness (QED) is 0.609. The number of hydrogen-bond acceptors (Lipinski definition) is 4. The Morgan fingerprint density at radius 2 is 1.91 bits per heavy atom. The first-order valence-electron chi connectivity index (χ1n) is 13.4. The lowest BCUT2D eigenvalue weighted by Crippen LogP contribution is -2.61. The maximum absolute atomic E-state index is 13.7. The molecule has 5 heteroatoms. The molecule has 1 heterocycles. The van der Waals surface area contributed by atoms with Gasteiger partial charge in [0.25, 0.3) is 5.91 Å². The van der Waals surface area contributed by atoms with Gasteiger partial charge in [0.05, 0.1) is 6.10 Å². The standard InChI is InChI=1S/C30H40N2O3/c1-21(2)18-32(29(35)23-7-4-3-5-8-23)25-16-28(34)27-20-31(19-22-11-12-22)14-13-30(27,17-25)24-9-6-10-26(33)15-24/h3-10,15,21-22,25,27-28,33-34H,11-14,16-20H2,1-2H3/t25-,27-,28?,30-/m0/s1. The van der Waals surface area contributed by atoms with Gasteiger partial charge in [-0.2, -0.15) is 0 Å². The number of phenols is 1. The van der Waals surface area contributed by atoms with Gasteiger partial charge in [-0.15, -0.1) is 0 Å². The first kappa shape index (κ1) is 24.3. The molecule has 5 rings (SSSR count). The molecule has 2 N–H and O–H groups in total. The van der Waals surface area contributed by atoms with Crippen LogP contribution in [0.1, 0.15) is 61.9 Å². The van der Waals surface area contributed by atoms with Gasteiger partial charge in [-0.1, -0.05) is 44.2 Å². The van der Waals surface area contributed by atoms with Gasteiger partial charge in [-0.3, -0.25) is 4.79 Å². The number of amides is 1. The van der Waals surface area contributed by atoms with Crippen LogP contribution in [0.4, 0.5) is 0 Å². The number of carbonyl (C=O) groups is 1. The Morgan fingerprint density at radius 1 is 1.14 bits per heavy atom. The highest BCUT2D eigenvalue weighted by Crippen LogP contribution is 2.51. The number of aliphatic hydroxyl groups is 1. The zero-order valence-corrected chi connectivity index (χ0v) is 21.1. The highest BCUT2D eigenvalue weighted by Gasteiger charge is 2.53. The molecule has 188 valence electrons. The largest absolute Gasteiger partial charge is 0.508 e. The number of carbonyl (C=O) groups excluding carboxylic acids is 1. The van der Waals surface area contributed by atoms with Crippen molar-refractivity contribution in [2.75, 3.05) is 26.2 Å². The van der Waals surface area contributed by atoms with Crippen molar-refractivity contribution in [2.24, 2.45) is 17.8 Å². The van der Waals surface area contributed by atoms with E-state index in [4.69, 9.17) is 0 Å². The Labute approximate surface area is 209 Å². The van der Waals surface area contributed by atoms with Crippen molar-refractivity contribution in [1.29, 1.82) is 0 Å². The van der Waals surface area contributed by atoms with E-state index in [1.54, 1.807) is 6.07 Å². The third kappa shape index (κ3) is 5.12. The molecule has 2 saturated carbocycles. The van der Waals surface area contributed by atoms with E-state index in [2.05, 4.69) is 24.8 Å². The molecule has 0 bridgehead atoms. The zero-order valence-electron chi connectivity index (χ0n) is 21.1. The van der Waals surface area contributed by atoms with Gasteiger partial charge >= 0.3 is 0 Å². The summed E-state index contributed by atoms with van der Waals surface area (Å²) < 4.78 is 0. The second-order valence-electron chi connectivity index (χ2n) is 11.6. The van der Waals surface area contributed by atoms with Crippen molar-refractivity contribution >= 4 is 5.91 Å². The molecule has 3 aliphatic rings. The van der Waals surface area contributed by atoms with Gasteiger partial charge in [0, 0.05) is 42.6 Å².